The number of para-hydroxylation sites is 1. The molecule has 6 nitrogen and oxygen atoms in total. The first-order valence-electron chi connectivity index (χ1n) is 9.43. The van der Waals surface area contributed by atoms with E-state index in [9.17, 15) is 9.59 Å². The highest BCUT2D eigenvalue weighted by Gasteiger charge is 2.21. The van der Waals surface area contributed by atoms with E-state index in [0.29, 0.717) is 18.2 Å². The van der Waals surface area contributed by atoms with Crippen molar-refractivity contribution in [3.8, 4) is 0 Å². The van der Waals surface area contributed by atoms with Crippen LogP contribution in [0.1, 0.15) is 45.9 Å². The van der Waals surface area contributed by atoms with E-state index in [1.54, 1.807) is 11.8 Å². The SMILES string of the molecule is CCc1ccccc1N(C(C)=O)c1nc(CN(C)CC(=O)NC(C)(C)C)cs1. The third-order valence-electron chi connectivity index (χ3n) is 4.02. The zero-order valence-electron chi connectivity index (χ0n) is 17.6. The van der Waals surface area contributed by atoms with Gasteiger partial charge in [-0.1, -0.05) is 25.1 Å². The van der Waals surface area contributed by atoms with Crippen molar-refractivity contribution in [2.24, 2.45) is 0 Å². The van der Waals surface area contributed by atoms with Crippen LogP contribution in [-0.2, 0) is 22.6 Å². The van der Waals surface area contributed by atoms with Crippen LogP contribution in [0.4, 0.5) is 10.8 Å². The van der Waals surface area contributed by atoms with Crippen LogP contribution in [0, 0.1) is 0 Å². The topological polar surface area (TPSA) is 65.5 Å². The minimum absolute atomic E-state index is 0.0207. The molecule has 1 heterocycles. The minimum Gasteiger partial charge on any atom is -0.350 e. The Morgan fingerprint density at radius 1 is 1.21 bits per heavy atom. The number of carbonyl (C=O) groups excluding carboxylic acids is 2. The number of nitrogens with zero attached hydrogens (tertiary/aromatic N) is 3. The van der Waals surface area contributed by atoms with E-state index in [4.69, 9.17) is 0 Å². The van der Waals surface area contributed by atoms with Gasteiger partial charge in [0.2, 0.25) is 11.8 Å². The molecule has 0 unspecified atom stereocenters. The summed E-state index contributed by atoms with van der Waals surface area (Å²) in [7, 11) is 1.89. The highest BCUT2D eigenvalue weighted by atomic mass is 32.1. The van der Waals surface area contributed by atoms with Crippen molar-refractivity contribution < 1.29 is 9.59 Å². The Hall–Kier alpha value is -2.25. The van der Waals surface area contributed by atoms with Gasteiger partial charge in [0.1, 0.15) is 0 Å². The van der Waals surface area contributed by atoms with Gasteiger partial charge in [-0.2, -0.15) is 0 Å². The van der Waals surface area contributed by atoms with Gasteiger partial charge in [-0.25, -0.2) is 4.98 Å². The highest BCUT2D eigenvalue weighted by Crippen LogP contribution is 2.31. The van der Waals surface area contributed by atoms with Gasteiger partial charge in [-0.3, -0.25) is 19.4 Å². The summed E-state index contributed by atoms with van der Waals surface area (Å²) in [4.78, 5) is 32.7. The molecule has 0 radical (unpaired) electrons. The molecule has 0 aliphatic rings. The van der Waals surface area contributed by atoms with E-state index in [2.05, 4.69) is 17.2 Å². The molecule has 0 spiro atoms. The van der Waals surface area contributed by atoms with E-state index in [0.717, 1.165) is 23.4 Å². The molecule has 0 aliphatic carbocycles. The van der Waals surface area contributed by atoms with Crippen molar-refractivity contribution in [2.75, 3.05) is 18.5 Å². The second-order valence-electron chi connectivity index (χ2n) is 7.93. The molecule has 2 amide bonds. The molecule has 1 aromatic carbocycles. The monoisotopic (exact) mass is 402 g/mol. The van der Waals surface area contributed by atoms with Gasteiger partial charge < -0.3 is 5.32 Å². The van der Waals surface area contributed by atoms with Gasteiger partial charge in [0, 0.05) is 24.4 Å². The summed E-state index contributed by atoms with van der Waals surface area (Å²) in [6.07, 6.45) is 0.837. The number of likely N-dealkylation sites (N-methyl/N-ethyl adjacent to an activating group) is 1. The van der Waals surface area contributed by atoms with E-state index in [1.807, 2.05) is 62.4 Å². The number of carbonyl (C=O) groups is 2. The predicted molar refractivity (Wildman–Crippen MR) is 115 cm³/mol. The largest absolute Gasteiger partial charge is 0.350 e. The van der Waals surface area contributed by atoms with Crippen LogP contribution in [0.3, 0.4) is 0 Å². The fourth-order valence-corrected chi connectivity index (χ4v) is 3.81. The van der Waals surface area contributed by atoms with Crippen LogP contribution in [0.25, 0.3) is 0 Å². The fourth-order valence-electron chi connectivity index (χ4n) is 2.94. The van der Waals surface area contributed by atoms with Crippen LogP contribution in [0.5, 0.6) is 0 Å². The Morgan fingerprint density at radius 2 is 1.89 bits per heavy atom. The van der Waals surface area contributed by atoms with Gasteiger partial charge in [0.25, 0.3) is 0 Å². The van der Waals surface area contributed by atoms with Crippen molar-refractivity contribution in [1.29, 1.82) is 0 Å². The lowest BCUT2D eigenvalue weighted by atomic mass is 10.1. The first-order valence-corrected chi connectivity index (χ1v) is 10.3. The Morgan fingerprint density at radius 3 is 2.50 bits per heavy atom. The maximum atomic E-state index is 12.4. The van der Waals surface area contributed by atoms with E-state index >= 15 is 0 Å². The Bertz CT molecular complexity index is 826. The summed E-state index contributed by atoms with van der Waals surface area (Å²) in [6, 6.07) is 7.89. The molecule has 0 atom stereocenters. The number of rotatable bonds is 7. The summed E-state index contributed by atoms with van der Waals surface area (Å²) in [5.74, 6) is -0.0904. The number of nitrogens with one attached hydrogen (secondary N) is 1. The van der Waals surface area contributed by atoms with Crippen LogP contribution < -0.4 is 10.2 Å². The Labute approximate surface area is 171 Å². The van der Waals surface area contributed by atoms with Gasteiger partial charge in [0.15, 0.2) is 5.13 Å². The van der Waals surface area contributed by atoms with Crippen LogP contribution in [0.15, 0.2) is 29.6 Å². The smallest absolute Gasteiger partial charge is 0.234 e. The Kier molecular flexibility index (Phi) is 7.32. The van der Waals surface area contributed by atoms with Crippen molar-refractivity contribution in [1.82, 2.24) is 15.2 Å². The molecular formula is C21H30N4O2S. The summed E-state index contributed by atoms with van der Waals surface area (Å²) in [6.45, 7) is 10.3. The number of amides is 2. The van der Waals surface area contributed by atoms with Gasteiger partial charge in [0.05, 0.1) is 17.9 Å². The number of aromatic nitrogens is 1. The maximum absolute atomic E-state index is 12.4. The predicted octanol–water partition coefficient (Wildman–Crippen LogP) is 3.74. The average molecular weight is 403 g/mol. The minimum atomic E-state index is -0.250. The summed E-state index contributed by atoms with van der Waals surface area (Å²) in [5.41, 5.74) is 2.56. The summed E-state index contributed by atoms with van der Waals surface area (Å²) >= 11 is 1.44. The quantitative estimate of drug-likeness (QED) is 0.766. The van der Waals surface area contributed by atoms with Gasteiger partial charge in [-0.15, -0.1) is 11.3 Å². The lowest BCUT2D eigenvalue weighted by Gasteiger charge is -2.23. The molecule has 7 heteroatoms. The van der Waals surface area contributed by atoms with Gasteiger partial charge >= 0.3 is 0 Å². The Balaban J connectivity index is 2.13. The number of thiazole rings is 1. The van der Waals surface area contributed by atoms with Crippen molar-refractivity contribution in [3.05, 3.63) is 40.9 Å². The van der Waals surface area contributed by atoms with Crippen molar-refractivity contribution >= 4 is 34.0 Å². The van der Waals surface area contributed by atoms with Crippen LogP contribution in [0.2, 0.25) is 0 Å². The zero-order chi connectivity index (χ0) is 20.9. The van der Waals surface area contributed by atoms with Gasteiger partial charge in [-0.05, 0) is 45.9 Å². The average Bonchev–Trinajstić information content (AvgIpc) is 3.00. The van der Waals surface area contributed by atoms with Crippen LogP contribution in [-0.4, -0.2) is 40.8 Å². The van der Waals surface area contributed by atoms with E-state index in [-0.39, 0.29) is 17.4 Å². The molecule has 1 aromatic heterocycles. The number of benzene rings is 1. The second-order valence-corrected chi connectivity index (χ2v) is 8.77. The lowest BCUT2D eigenvalue weighted by Crippen LogP contribution is -2.45. The van der Waals surface area contributed by atoms with Crippen LogP contribution >= 0.6 is 11.3 Å². The first-order chi connectivity index (χ1) is 13.1. The first kappa shape index (κ1) is 22.0. The summed E-state index contributed by atoms with van der Waals surface area (Å²) < 4.78 is 0. The molecule has 2 rings (SSSR count). The highest BCUT2D eigenvalue weighted by molar-refractivity contribution is 7.14. The maximum Gasteiger partial charge on any atom is 0.234 e. The van der Waals surface area contributed by atoms with Crippen molar-refractivity contribution in [3.63, 3.8) is 0 Å². The molecule has 2 aromatic rings. The van der Waals surface area contributed by atoms with Crippen molar-refractivity contribution in [2.45, 2.75) is 53.1 Å². The summed E-state index contributed by atoms with van der Waals surface area (Å²) in [5, 5.41) is 5.55. The molecule has 0 saturated carbocycles. The molecule has 0 fully saturated rings. The number of aryl methyl sites for hydroxylation is 1. The number of hydrogen-bond donors (Lipinski definition) is 1. The molecule has 0 aliphatic heterocycles. The molecule has 1 N–H and O–H groups in total. The number of hydrogen-bond acceptors (Lipinski definition) is 5. The molecule has 152 valence electrons. The third-order valence-corrected chi connectivity index (χ3v) is 4.89. The molecule has 0 saturated heterocycles. The standard InChI is InChI=1S/C21H30N4O2S/c1-7-16-10-8-9-11-18(16)25(15(2)26)20-22-17(14-28-20)12-24(6)13-19(27)23-21(3,4)5/h8-11,14H,7,12-13H2,1-6H3,(H,23,27). The fraction of sp³-hybridized carbons (Fsp3) is 0.476. The lowest BCUT2D eigenvalue weighted by molar-refractivity contribution is -0.123. The molecule has 0 bridgehead atoms. The van der Waals surface area contributed by atoms with E-state index < -0.39 is 0 Å². The number of anilines is 2. The molecule has 28 heavy (non-hydrogen) atoms. The van der Waals surface area contributed by atoms with E-state index in [1.165, 1.54) is 11.3 Å². The third kappa shape index (κ3) is 6.14. The zero-order valence-corrected chi connectivity index (χ0v) is 18.4. The normalized spacial score (nSPS) is 11.5. The second kappa shape index (κ2) is 9.30. The molecular weight excluding hydrogens is 372 g/mol.